The van der Waals surface area contributed by atoms with Crippen LogP contribution in [0, 0.1) is 0 Å². The van der Waals surface area contributed by atoms with Crippen molar-refractivity contribution < 1.29 is 9.21 Å². The summed E-state index contributed by atoms with van der Waals surface area (Å²) in [6.45, 7) is 0. The minimum Gasteiger partial charge on any atom is -0.431 e. The highest BCUT2D eigenvalue weighted by atomic mass is 32.2. The van der Waals surface area contributed by atoms with E-state index < -0.39 is 0 Å². The fourth-order valence-electron chi connectivity index (χ4n) is 2.13. The molecule has 0 spiro atoms. The van der Waals surface area contributed by atoms with Crippen molar-refractivity contribution in [3.05, 3.63) is 60.2 Å². The molecule has 0 atom stereocenters. The first-order chi connectivity index (χ1) is 11.8. The number of benzene rings is 2. The number of carbonyl (C=O) groups is 1. The molecule has 3 rings (SSSR count). The summed E-state index contributed by atoms with van der Waals surface area (Å²) >= 11 is 1.25. The Hall–Kier alpha value is -2.60. The molecule has 0 saturated heterocycles. The van der Waals surface area contributed by atoms with Crippen LogP contribution in [0.15, 0.2) is 69.3 Å². The van der Waals surface area contributed by atoms with Crippen LogP contribution in [0.4, 0.5) is 0 Å². The normalized spacial score (nSPS) is 11.2. The molecule has 1 aromatic heterocycles. The molecule has 1 heterocycles. The van der Waals surface area contributed by atoms with E-state index >= 15 is 0 Å². The minimum atomic E-state index is -0.182. The van der Waals surface area contributed by atoms with E-state index in [0.717, 1.165) is 23.9 Å². The number of para-hydroxylation sites is 2. The van der Waals surface area contributed by atoms with Crippen molar-refractivity contribution in [1.82, 2.24) is 10.4 Å². The number of fused-ring (bicyclic) bond motifs is 1. The number of thioether (sulfide) groups is 1. The number of nitrogens with zero attached hydrogens (tertiary/aromatic N) is 2. The Bertz CT molecular complexity index is 797. The van der Waals surface area contributed by atoms with Gasteiger partial charge in [0.1, 0.15) is 5.52 Å². The van der Waals surface area contributed by atoms with Gasteiger partial charge in [-0.2, -0.15) is 5.10 Å². The molecule has 2 aromatic carbocycles. The Balaban J connectivity index is 1.38. The summed E-state index contributed by atoms with van der Waals surface area (Å²) in [6, 6.07) is 17.7. The molecule has 0 unspecified atom stereocenters. The van der Waals surface area contributed by atoms with Crippen molar-refractivity contribution in [2.24, 2.45) is 5.10 Å². The van der Waals surface area contributed by atoms with Crippen LogP contribution in [-0.4, -0.2) is 22.9 Å². The van der Waals surface area contributed by atoms with E-state index in [9.17, 15) is 4.79 Å². The molecule has 6 heteroatoms. The van der Waals surface area contributed by atoms with Gasteiger partial charge in [0, 0.05) is 6.21 Å². The molecular weight excluding hydrogens is 322 g/mol. The molecule has 0 bridgehead atoms. The van der Waals surface area contributed by atoms with E-state index in [2.05, 4.69) is 27.6 Å². The van der Waals surface area contributed by atoms with Gasteiger partial charge in [0.15, 0.2) is 5.58 Å². The molecule has 0 radical (unpaired) electrons. The number of carbonyl (C=O) groups excluding carboxylic acids is 1. The summed E-state index contributed by atoms with van der Waals surface area (Å²) in [5.74, 6) is 0.0290. The zero-order valence-corrected chi connectivity index (χ0v) is 13.8. The number of hydrogen-bond acceptors (Lipinski definition) is 5. The second-order valence-electron chi connectivity index (χ2n) is 5.11. The lowest BCUT2D eigenvalue weighted by molar-refractivity contribution is -0.118. The van der Waals surface area contributed by atoms with Crippen LogP contribution < -0.4 is 5.43 Å². The molecule has 3 aromatic rings. The van der Waals surface area contributed by atoms with Crippen molar-refractivity contribution in [1.29, 1.82) is 0 Å². The topological polar surface area (TPSA) is 67.5 Å². The lowest BCUT2D eigenvalue weighted by Crippen LogP contribution is -2.19. The van der Waals surface area contributed by atoms with Gasteiger partial charge in [-0.3, -0.25) is 4.79 Å². The Morgan fingerprint density at radius 2 is 1.96 bits per heavy atom. The minimum absolute atomic E-state index is 0.182. The molecule has 0 fully saturated rings. The number of rotatable bonds is 7. The van der Waals surface area contributed by atoms with Gasteiger partial charge in [0.25, 0.3) is 11.1 Å². The van der Waals surface area contributed by atoms with Crippen molar-refractivity contribution in [2.75, 3.05) is 5.75 Å². The molecule has 122 valence electrons. The van der Waals surface area contributed by atoms with E-state index in [1.165, 1.54) is 17.3 Å². The van der Waals surface area contributed by atoms with Crippen LogP contribution in [0.25, 0.3) is 11.1 Å². The molecule has 24 heavy (non-hydrogen) atoms. The largest absolute Gasteiger partial charge is 0.431 e. The number of hydrogen-bond donors (Lipinski definition) is 1. The van der Waals surface area contributed by atoms with Gasteiger partial charge in [0.2, 0.25) is 0 Å². The third-order valence-corrected chi connectivity index (χ3v) is 4.11. The van der Waals surface area contributed by atoms with Gasteiger partial charge in [-0.15, -0.1) is 0 Å². The highest BCUT2D eigenvalue weighted by Crippen LogP contribution is 2.22. The van der Waals surface area contributed by atoms with Crippen molar-refractivity contribution in [3.63, 3.8) is 0 Å². The van der Waals surface area contributed by atoms with Crippen LogP contribution in [-0.2, 0) is 11.2 Å². The van der Waals surface area contributed by atoms with Gasteiger partial charge < -0.3 is 4.42 Å². The highest BCUT2D eigenvalue weighted by molar-refractivity contribution is 7.99. The number of aryl methyl sites for hydroxylation is 1. The first kappa shape index (κ1) is 16.3. The zero-order chi connectivity index (χ0) is 16.6. The average molecular weight is 339 g/mol. The first-order valence-electron chi connectivity index (χ1n) is 7.64. The Kier molecular flexibility index (Phi) is 5.63. The van der Waals surface area contributed by atoms with Crippen molar-refractivity contribution in [2.45, 2.75) is 18.1 Å². The Morgan fingerprint density at radius 3 is 2.79 bits per heavy atom. The smallest absolute Gasteiger partial charge is 0.257 e. The standard InChI is InChI=1S/C18H17N3O2S/c22-17(21-19-12-6-9-14-7-2-1-3-8-14)13-24-18-20-15-10-4-5-11-16(15)23-18/h1-5,7-8,10-12H,6,9,13H2,(H,21,22). The number of hydrazone groups is 1. The van der Waals surface area contributed by atoms with Crippen LogP contribution >= 0.6 is 11.8 Å². The lowest BCUT2D eigenvalue weighted by Gasteiger charge is -1.98. The second-order valence-corrected chi connectivity index (χ2v) is 6.03. The predicted octanol–water partition coefficient (Wildman–Crippen LogP) is 3.65. The third kappa shape index (κ3) is 4.70. The average Bonchev–Trinajstić information content (AvgIpc) is 3.03. The van der Waals surface area contributed by atoms with Gasteiger partial charge in [-0.1, -0.05) is 54.2 Å². The van der Waals surface area contributed by atoms with E-state index in [1.54, 1.807) is 6.21 Å². The van der Waals surface area contributed by atoms with E-state index in [1.807, 2.05) is 42.5 Å². The monoisotopic (exact) mass is 339 g/mol. The molecule has 0 aliphatic heterocycles. The molecule has 0 saturated carbocycles. The van der Waals surface area contributed by atoms with Crippen LogP contribution in [0.3, 0.4) is 0 Å². The molecule has 1 N–H and O–H groups in total. The Labute approximate surface area is 144 Å². The van der Waals surface area contributed by atoms with Gasteiger partial charge >= 0.3 is 0 Å². The maximum Gasteiger partial charge on any atom is 0.257 e. The maximum atomic E-state index is 11.7. The molecular formula is C18H17N3O2S. The summed E-state index contributed by atoms with van der Waals surface area (Å²) in [7, 11) is 0. The molecule has 1 amide bonds. The van der Waals surface area contributed by atoms with Crippen LogP contribution in [0.5, 0.6) is 0 Å². The number of nitrogens with one attached hydrogen (secondary N) is 1. The second kappa shape index (κ2) is 8.31. The highest BCUT2D eigenvalue weighted by Gasteiger charge is 2.08. The van der Waals surface area contributed by atoms with Crippen LogP contribution in [0.2, 0.25) is 0 Å². The Morgan fingerprint density at radius 1 is 1.17 bits per heavy atom. The van der Waals surface area contributed by atoms with E-state index in [4.69, 9.17) is 4.42 Å². The summed E-state index contributed by atoms with van der Waals surface area (Å²) < 4.78 is 5.54. The van der Waals surface area contributed by atoms with Gasteiger partial charge in [-0.25, -0.2) is 10.4 Å². The summed E-state index contributed by atoms with van der Waals surface area (Å²) in [5.41, 5.74) is 5.28. The quantitative estimate of drug-likeness (QED) is 0.405. The molecule has 0 aliphatic carbocycles. The summed E-state index contributed by atoms with van der Waals surface area (Å²) in [4.78, 5) is 16.1. The van der Waals surface area contributed by atoms with Crippen LogP contribution in [0.1, 0.15) is 12.0 Å². The summed E-state index contributed by atoms with van der Waals surface area (Å²) in [5, 5.41) is 4.44. The van der Waals surface area contributed by atoms with Gasteiger partial charge in [0.05, 0.1) is 5.75 Å². The fraction of sp³-hybridized carbons (Fsp3) is 0.167. The number of amides is 1. The predicted molar refractivity (Wildman–Crippen MR) is 96.1 cm³/mol. The van der Waals surface area contributed by atoms with E-state index in [-0.39, 0.29) is 11.7 Å². The lowest BCUT2D eigenvalue weighted by atomic mass is 10.1. The molecule has 5 nitrogen and oxygen atoms in total. The maximum absolute atomic E-state index is 11.7. The van der Waals surface area contributed by atoms with Gasteiger partial charge in [-0.05, 0) is 30.5 Å². The third-order valence-electron chi connectivity index (χ3n) is 3.29. The van der Waals surface area contributed by atoms with Crippen molar-refractivity contribution >= 4 is 35.0 Å². The zero-order valence-electron chi connectivity index (χ0n) is 13.0. The number of aromatic nitrogens is 1. The number of oxazole rings is 1. The first-order valence-corrected chi connectivity index (χ1v) is 8.62. The molecule has 0 aliphatic rings. The SMILES string of the molecule is O=C(CSc1nc2ccccc2o1)NN=CCCc1ccccc1. The fourth-order valence-corrected chi connectivity index (χ4v) is 2.76. The summed E-state index contributed by atoms with van der Waals surface area (Å²) in [6.07, 6.45) is 3.40. The van der Waals surface area contributed by atoms with E-state index in [0.29, 0.717) is 5.22 Å². The van der Waals surface area contributed by atoms with Crippen molar-refractivity contribution in [3.8, 4) is 0 Å².